The van der Waals surface area contributed by atoms with E-state index in [1.807, 2.05) is 20.8 Å². The Morgan fingerprint density at radius 3 is 2.50 bits per heavy atom. The van der Waals surface area contributed by atoms with Crippen LogP contribution in [0.5, 0.6) is 0 Å². The van der Waals surface area contributed by atoms with Gasteiger partial charge in [-0.05, 0) is 32.4 Å². The van der Waals surface area contributed by atoms with Crippen molar-refractivity contribution in [3.63, 3.8) is 0 Å². The van der Waals surface area contributed by atoms with E-state index in [0.29, 0.717) is 13.1 Å². The summed E-state index contributed by atoms with van der Waals surface area (Å²) >= 11 is 0. The second-order valence-corrected chi connectivity index (χ2v) is 5.35. The molecule has 1 aliphatic rings. The van der Waals surface area contributed by atoms with Crippen LogP contribution in [0.2, 0.25) is 0 Å². The molecule has 0 aliphatic carbocycles. The molecule has 2 rings (SSSR count). The van der Waals surface area contributed by atoms with E-state index >= 15 is 0 Å². The standard InChI is InChI=1S/C14H19N3O3/c1-9-4-5-13(17(19)20)12(6-9)14(18)16-10(2)7-15-8-11(16)3/h4-6,10-11,15H,7-8H2,1-3H3. The molecule has 1 saturated heterocycles. The van der Waals surface area contributed by atoms with Gasteiger partial charge in [-0.1, -0.05) is 6.07 Å². The molecule has 0 spiro atoms. The molecule has 6 nitrogen and oxygen atoms in total. The summed E-state index contributed by atoms with van der Waals surface area (Å²) in [5, 5.41) is 14.3. The Morgan fingerprint density at radius 2 is 1.95 bits per heavy atom. The van der Waals surface area contributed by atoms with E-state index in [9.17, 15) is 14.9 Å². The highest BCUT2D eigenvalue weighted by Crippen LogP contribution is 2.24. The van der Waals surface area contributed by atoms with Gasteiger partial charge in [0.25, 0.3) is 11.6 Å². The number of nitrogens with zero attached hydrogens (tertiary/aromatic N) is 2. The third-order valence-corrected chi connectivity index (χ3v) is 3.64. The fraction of sp³-hybridized carbons (Fsp3) is 0.500. The molecule has 1 aliphatic heterocycles. The number of nitro benzene ring substituents is 1. The van der Waals surface area contributed by atoms with Crippen LogP contribution in [0.25, 0.3) is 0 Å². The maximum absolute atomic E-state index is 12.7. The number of carbonyl (C=O) groups is 1. The second-order valence-electron chi connectivity index (χ2n) is 5.35. The van der Waals surface area contributed by atoms with Gasteiger partial charge < -0.3 is 10.2 Å². The number of nitro groups is 1. The van der Waals surface area contributed by atoms with Crippen LogP contribution in [0.15, 0.2) is 18.2 Å². The number of hydrogen-bond acceptors (Lipinski definition) is 4. The van der Waals surface area contributed by atoms with E-state index in [2.05, 4.69) is 5.32 Å². The predicted octanol–water partition coefficient (Wildman–Crippen LogP) is 1.73. The molecule has 0 radical (unpaired) electrons. The molecule has 1 fully saturated rings. The van der Waals surface area contributed by atoms with Crippen LogP contribution in [0.4, 0.5) is 5.69 Å². The Bertz CT molecular complexity index is 534. The summed E-state index contributed by atoms with van der Waals surface area (Å²) in [6.07, 6.45) is 0. The van der Waals surface area contributed by atoms with Crippen LogP contribution in [0.3, 0.4) is 0 Å². The Labute approximate surface area is 117 Å². The molecule has 1 aromatic carbocycles. The Hall–Kier alpha value is -1.95. The molecule has 0 bridgehead atoms. The third kappa shape index (κ3) is 2.65. The zero-order valence-electron chi connectivity index (χ0n) is 11.9. The topological polar surface area (TPSA) is 75.5 Å². The molecular formula is C14H19N3O3. The highest BCUT2D eigenvalue weighted by atomic mass is 16.6. The van der Waals surface area contributed by atoms with Crippen molar-refractivity contribution in [1.82, 2.24) is 10.2 Å². The third-order valence-electron chi connectivity index (χ3n) is 3.64. The monoisotopic (exact) mass is 277 g/mol. The molecule has 0 aromatic heterocycles. The average molecular weight is 277 g/mol. The Balaban J connectivity index is 2.42. The minimum absolute atomic E-state index is 0.0198. The van der Waals surface area contributed by atoms with Gasteiger partial charge in [0.2, 0.25) is 0 Å². The number of piperazine rings is 1. The molecule has 2 atom stereocenters. The van der Waals surface area contributed by atoms with E-state index < -0.39 is 4.92 Å². The molecular weight excluding hydrogens is 258 g/mol. The van der Waals surface area contributed by atoms with Gasteiger partial charge in [0.1, 0.15) is 5.56 Å². The number of carbonyl (C=O) groups excluding carboxylic acids is 1. The van der Waals surface area contributed by atoms with Gasteiger partial charge in [-0.25, -0.2) is 0 Å². The number of amides is 1. The van der Waals surface area contributed by atoms with Crippen LogP contribution in [-0.4, -0.2) is 40.9 Å². The van der Waals surface area contributed by atoms with E-state index in [0.717, 1.165) is 5.56 Å². The SMILES string of the molecule is Cc1ccc([N+](=O)[O-])c(C(=O)N2C(C)CNCC2C)c1. The number of nitrogens with one attached hydrogen (secondary N) is 1. The van der Waals surface area contributed by atoms with Crippen LogP contribution in [0, 0.1) is 17.0 Å². The summed E-state index contributed by atoms with van der Waals surface area (Å²) < 4.78 is 0. The first-order chi connectivity index (χ1) is 9.41. The molecule has 1 amide bonds. The summed E-state index contributed by atoms with van der Waals surface area (Å²) in [7, 11) is 0. The maximum atomic E-state index is 12.7. The molecule has 6 heteroatoms. The van der Waals surface area contributed by atoms with Crippen molar-refractivity contribution in [3.8, 4) is 0 Å². The van der Waals surface area contributed by atoms with Crippen LogP contribution < -0.4 is 5.32 Å². The van der Waals surface area contributed by atoms with Crippen molar-refractivity contribution in [3.05, 3.63) is 39.4 Å². The first kappa shape index (κ1) is 14.5. The zero-order chi connectivity index (χ0) is 14.9. The molecule has 1 N–H and O–H groups in total. The van der Waals surface area contributed by atoms with Crippen LogP contribution >= 0.6 is 0 Å². The zero-order valence-corrected chi connectivity index (χ0v) is 11.9. The Kier molecular flexibility index (Phi) is 4.04. The van der Waals surface area contributed by atoms with Crippen molar-refractivity contribution in [2.75, 3.05) is 13.1 Å². The summed E-state index contributed by atoms with van der Waals surface area (Å²) in [4.78, 5) is 25.0. The maximum Gasteiger partial charge on any atom is 0.282 e. The van der Waals surface area contributed by atoms with Gasteiger partial charge >= 0.3 is 0 Å². The van der Waals surface area contributed by atoms with Gasteiger partial charge in [0, 0.05) is 31.2 Å². The molecule has 1 heterocycles. The van der Waals surface area contributed by atoms with Crippen LogP contribution in [-0.2, 0) is 0 Å². The van der Waals surface area contributed by atoms with E-state index in [4.69, 9.17) is 0 Å². The van der Waals surface area contributed by atoms with E-state index in [-0.39, 0.29) is 29.2 Å². The molecule has 2 unspecified atom stereocenters. The Morgan fingerprint density at radius 1 is 1.35 bits per heavy atom. The van der Waals surface area contributed by atoms with Crippen molar-refractivity contribution in [2.24, 2.45) is 0 Å². The molecule has 108 valence electrons. The lowest BCUT2D eigenvalue weighted by atomic mass is 10.0. The first-order valence-corrected chi connectivity index (χ1v) is 6.70. The molecule has 20 heavy (non-hydrogen) atoms. The minimum Gasteiger partial charge on any atom is -0.330 e. The number of hydrogen-bond donors (Lipinski definition) is 1. The quantitative estimate of drug-likeness (QED) is 0.659. The smallest absolute Gasteiger partial charge is 0.282 e. The van der Waals surface area contributed by atoms with E-state index in [1.54, 1.807) is 17.0 Å². The molecule has 0 saturated carbocycles. The first-order valence-electron chi connectivity index (χ1n) is 6.70. The average Bonchev–Trinajstić information content (AvgIpc) is 2.37. The lowest BCUT2D eigenvalue weighted by Gasteiger charge is -2.39. The number of benzene rings is 1. The lowest BCUT2D eigenvalue weighted by Crippen LogP contribution is -2.57. The number of aryl methyl sites for hydroxylation is 1. The van der Waals surface area contributed by atoms with Gasteiger partial charge in [-0.3, -0.25) is 14.9 Å². The van der Waals surface area contributed by atoms with Gasteiger partial charge in [0.05, 0.1) is 4.92 Å². The highest BCUT2D eigenvalue weighted by molar-refractivity contribution is 5.98. The second kappa shape index (κ2) is 5.58. The molecule has 1 aromatic rings. The summed E-state index contributed by atoms with van der Waals surface area (Å²) in [5.74, 6) is -0.262. The van der Waals surface area contributed by atoms with Gasteiger partial charge in [-0.15, -0.1) is 0 Å². The highest BCUT2D eigenvalue weighted by Gasteiger charge is 2.32. The van der Waals surface area contributed by atoms with Crippen LogP contribution in [0.1, 0.15) is 29.8 Å². The van der Waals surface area contributed by atoms with Crippen molar-refractivity contribution >= 4 is 11.6 Å². The number of rotatable bonds is 2. The predicted molar refractivity (Wildman–Crippen MR) is 75.8 cm³/mol. The fourth-order valence-electron chi connectivity index (χ4n) is 2.65. The largest absolute Gasteiger partial charge is 0.330 e. The van der Waals surface area contributed by atoms with Gasteiger partial charge in [-0.2, -0.15) is 0 Å². The van der Waals surface area contributed by atoms with E-state index in [1.165, 1.54) is 6.07 Å². The van der Waals surface area contributed by atoms with Crippen molar-refractivity contribution in [1.29, 1.82) is 0 Å². The lowest BCUT2D eigenvalue weighted by molar-refractivity contribution is -0.385. The van der Waals surface area contributed by atoms with Crippen molar-refractivity contribution in [2.45, 2.75) is 32.9 Å². The summed E-state index contributed by atoms with van der Waals surface area (Å²) in [6, 6.07) is 4.69. The summed E-state index contributed by atoms with van der Waals surface area (Å²) in [6.45, 7) is 7.13. The minimum atomic E-state index is -0.496. The fourth-order valence-corrected chi connectivity index (χ4v) is 2.65. The normalized spacial score (nSPS) is 22.6. The van der Waals surface area contributed by atoms with Gasteiger partial charge in [0.15, 0.2) is 0 Å². The summed E-state index contributed by atoms with van der Waals surface area (Å²) in [5.41, 5.74) is 0.892. The van der Waals surface area contributed by atoms with Crippen molar-refractivity contribution < 1.29 is 9.72 Å².